The number of aromatic nitrogens is 1. The van der Waals surface area contributed by atoms with Gasteiger partial charge in [0, 0.05) is 31.5 Å². The number of pyridine rings is 1. The zero-order chi connectivity index (χ0) is 13.7. The van der Waals surface area contributed by atoms with E-state index in [9.17, 15) is 0 Å². The normalized spacial score (nSPS) is 17.2. The van der Waals surface area contributed by atoms with Crippen molar-refractivity contribution in [1.29, 1.82) is 0 Å². The third-order valence-electron chi connectivity index (χ3n) is 4.20. The van der Waals surface area contributed by atoms with Gasteiger partial charge >= 0.3 is 0 Å². The van der Waals surface area contributed by atoms with Gasteiger partial charge in [-0.25, -0.2) is 0 Å². The SMILES string of the molecule is CCNCc1cc(N2CCC(C(C)C)CC2)ccn1. The molecule has 0 spiro atoms. The summed E-state index contributed by atoms with van der Waals surface area (Å²) in [5.74, 6) is 1.73. The van der Waals surface area contributed by atoms with Gasteiger partial charge < -0.3 is 10.2 Å². The molecule has 19 heavy (non-hydrogen) atoms. The smallest absolute Gasteiger partial charge is 0.0562 e. The first-order valence-corrected chi connectivity index (χ1v) is 7.61. The molecule has 1 saturated heterocycles. The Morgan fingerprint density at radius 3 is 2.74 bits per heavy atom. The largest absolute Gasteiger partial charge is 0.371 e. The molecule has 3 heteroatoms. The molecule has 0 radical (unpaired) electrons. The molecule has 0 unspecified atom stereocenters. The molecule has 1 fully saturated rings. The molecule has 1 aliphatic rings. The Hall–Kier alpha value is -1.09. The molecule has 1 aromatic rings. The zero-order valence-corrected chi connectivity index (χ0v) is 12.5. The summed E-state index contributed by atoms with van der Waals surface area (Å²) in [7, 11) is 0. The zero-order valence-electron chi connectivity index (χ0n) is 12.5. The highest BCUT2D eigenvalue weighted by Crippen LogP contribution is 2.27. The molecule has 0 atom stereocenters. The molecule has 1 N–H and O–H groups in total. The fourth-order valence-corrected chi connectivity index (χ4v) is 2.84. The van der Waals surface area contributed by atoms with Crippen molar-refractivity contribution in [3.63, 3.8) is 0 Å². The van der Waals surface area contributed by atoms with E-state index >= 15 is 0 Å². The van der Waals surface area contributed by atoms with Crippen molar-refractivity contribution < 1.29 is 0 Å². The van der Waals surface area contributed by atoms with Crippen LogP contribution in [-0.4, -0.2) is 24.6 Å². The lowest BCUT2D eigenvalue weighted by molar-refractivity contribution is 0.311. The third kappa shape index (κ3) is 3.93. The first-order chi connectivity index (χ1) is 9.20. The van der Waals surface area contributed by atoms with Crippen molar-refractivity contribution in [2.75, 3.05) is 24.5 Å². The Bertz CT molecular complexity index is 381. The van der Waals surface area contributed by atoms with Crippen LogP contribution in [0.4, 0.5) is 5.69 Å². The monoisotopic (exact) mass is 261 g/mol. The summed E-state index contributed by atoms with van der Waals surface area (Å²) in [5.41, 5.74) is 2.48. The molecule has 0 aromatic carbocycles. The van der Waals surface area contributed by atoms with Gasteiger partial charge in [0.2, 0.25) is 0 Å². The molecule has 0 bridgehead atoms. The summed E-state index contributed by atoms with van der Waals surface area (Å²) >= 11 is 0. The fraction of sp³-hybridized carbons (Fsp3) is 0.688. The topological polar surface area (TPSA) is 28.2 Å². The summed E-state index contributed by atoms with van der Waals surface area (Å²) in [6.45, 7) is 11.1. The maximum absolute atomic E-state index is 4.43. The minimum atomic E-state index is 0.823. The summed E-state index contributed by atoms with van der Waals surface area (Å²) < 4.78 is 0. The molecule has 3 nitrogen and oxygen atoms in total. The summed E-state index contributed by atoms with van der Waals surface area (Å²) in [5, 5.41) is 3.34. The molecule has 0 amide bonds. The fourth-order valence-electron chi connectivity index (χ4n) is 2.84. The van der Waals surface area contributed by atoms with Crippen LogP contribution in [0.1, 0.15) is 39.3 Å². The molecule has 1 aromatic heterocycles. The first-order valence-electron chi connectivity index (χ1n) is 7.61. The van der Waals surface area contributed by atoms with Crippen molar-refractivity contribution >= 4 is 5.69 Å². The van der Waals surface area contributed by atoms with Gasteiger partial charge in [0.1, 0.15) is 0 Å². The average molecular weight is 261 g/mol. The molecule has 2 heterocycles. The maximum Gasteiger partial charge on any atom is 0.0562 e. The number of nitrogens with zero attached hydrogens (tertiary/aromatic N) is 2. The number of nitrogens with one attached hydrogen (secondary N) is 1. The molecule has 0 saturated carbocycles. The van der Waals surface area contributed by atoms with E-state index in [1.54, 1.807) is 0 Å². The van der Waals surface area contributed by atoms with Crippen LogP contribution in [-0.2, 0) is 6.54 Å². The standard InChI is InChI=1S/C16H27N3/c1-4-17-12-15-11-16(5-8-18-15)19-9-6-14(7-10-19)13(2)3/h5,8,11,13-14,17H,4,6-7,9-10,12H2,1-3H3. The second-order valence-electron chi connectivity index (χ2n) is 5.85. The predicted molar refractivity (Wildman–Crippen MR) is 81.4 cm³/mol. The van der Waals surface area contributed by atoms with E-state index in [-0.39, 0.29) is 0 Å². The number of piperidine rings is 1. The van der Waals surface area contributed by atoms with E-state index in [1.165, 1.54) is 31.6 Å². The molecule has 0 aliphatic carbocycles. The van der Waals surface area contributed by atoms with Crippen LogP contribution in [0.3, 0.4) is 0 Å². The molecule has 1 aliphatic heterocycles. The van der Waals surface area contributed by atoms with Crippen LogP contribution in [0.2, 0.25) is 0 Å². The van der Waals surface area contributed by atoms with Crippen LogP contribution in [0.25, 0.3) is 0 Å². The van der Waals surface area contributed by atoms with Gasteiger partial charge in [-0.15, -0.1) is 0 Å². The van der Waals surface area contributed by atoms with Gasteiger partial charge in [0.05, 0.1) is 5.69 Å². The highest BCUT2D eigenvalue weighted by Gasteiger charge is 2.21. The lowest BCUT2D eigenvalue weighted by Crippen LogP contribution is -2.35. The van der Waals surface area contributed by atoms with Gasteiger partial charge in [-0.1, -0.05) is 20.8 Å². The summed E-state index contributed by atoms with van der Waals surface area (Å²) in [6, 6.07) is 4.38. The van der Waals surface area contributed by atoms with Crippen LogP contribution >= 0.6 is 0 Å². The predicted octanol–water partition coefficient (Wildman–Crippen LogP) is 3.06. The van der Waals surface area contributed by atoms with Crippen molar-refractivity contribution in [1.82, 2.24) is 10.3 Å². The quantitative estimate of drug-likeness (QED) is 0.883. The van der Waals surface area contributed by atoms with Crippen LogP contribution in [0.15, 0.2) is 18.3 Å². The van der Waals surface area contributed by atoms with E-state index in [2.05, 4.69) is 48.1 Å². The van der Waals surface area contributed by atoms with Gasteiger partial charge in [0.15, 0.2) is 0 Å². The van der Waals surface area contributed by atoms with Gasteiger partial charge in [0.25, 0.3) is 0 Å². The van der Waals surface area contributed by atoms with E-state index in [4.69, 9.17) is 0 Å². The minimum absolute atomic E-state index is 0.823. The average Bonchev–Trinajstić information content (AvgIpc) is 2.45. The number of hydrogen-bond acceptors (Lipinski definition) is 3. The van der Waals surface area contributed by atoms with E-state index < -0.39 is 0 Å². The van der Waals surface area contributed by atoms with Crippen LogP contribution in [0.5, 0.6) is 0 Å². The van der Waals surface area contributed by atoms with Gasteiger partial charge in [-0.05, 0) is 43.4 Å². The third-order valence-corrected chi connectivity index (χ3v) is 4.20. The van der Waals surface area contributed by atoms with Crippen LogP contribution < -0.4 is 10.2 Å². The maximum atomic E-state index is 4.43. The van der Waals surface area contributed by atoms with Crippen molar-refractivity contribution in [3.8, 4) is 0 Å². The Morgan fingerprint density at radius 1 is 1.37 bits per heavy atom. The second-order valence-corrected chi connectivity index (χ2v) is 5.85. The Labute approximate surface area is 117 Å². The summed E-state index contributed by atoms with van der Waals surface area (Å²) in [4.78, 5) is 6.94. The number of rotatable bonds is 5. The van der Waals surface area contributed by atoms with Crippen molar-refractivity contribution in [2.45, 2.75) is 40.2 Å². The lowest BCUT2D eigenvalue weighted by atomic mass is 9.86. The van der Waals surface area contributed by atoms with Crippen molar-refractivity contribution in [2.24, 2.45) is 11.8 Å². The van der Waals surface area contributed by atoms with Gasteiger partial charge in [-0.3, -0.25) is 4.98 Å². The number of anilines is 1. The van der Waals surface area contributed by atoms with E-state index in [1.807, 2.05) is 6.20 Å². The van der Waals surface area contributed by atoms with E-state index in [0.717, 1.165) is 30.6 Å². The Balaban J connectivity index is 1.95. The number of hydrogen-bond donors (Lipinski definition) is 1. The highest BCUT2D eigenvalue weighted by atomic mass is 15.1. The Kier molecular flexibility index (Phi) is 5.20. The summed E-state index contributed by atoms with van der Waals surface area (Å²) in [6.07, 6.45) is 4.58. The van der Waals surface area contributed by atoms with Crippen molar-refractivity contribution in [3.05, 3.63) is 24.0 Å². The van der Waals surface area contributed by atoms with Crippen LogP contribution in [0, 0.1) is 11.8 Å². The second kappa shape index (κ2) is 6.90. The molecule has 2 rings (SSSR count). The first kappa shape index (κ1) is 14.3. The molecular weight excluding hydrogens is 234 g/mol. The van der Waals surface area contributed by atoms with Gasteiger partial charge in [-0.2, -0.15) is 0 Å². The lowest BCUT2D eigenvalue weighted by Gasteiger charge is -2.35. The van der Waals surface area contributed by atoms with E-state index in [0.29, 0.717) is 0 Å². The Morgan fingerprint density at radius 2 is 2.11 bits per heavy atom. The highest BCUT2D eigenvalue weighted by molar-refractivity contribution is 5.46. The molecular formula is C16H27N3. The molecule has 106 valence electrons. The minimum Gasteiger partial charge on any atom is -0.371 e.